The van der Waals surface area contributed by atoms with Crippen LogP contribution in [-0.2, 0) is 11.3 Å². The lowest BCUT2D eigenvalue weighted by Crippen LogP contribution is -2.14. The number of benzene rings is 1. The number of thioether (sulfide) groups is 1. The number of non-ortho nitro benzene ring substituents is 1. The summed E-state index contributed by atoms with van der Waals surface area (Å²) in [5.74, 6) is 1.19. The molecular weight excluding hydrogens is 420 g/mol. The zero-order valence-corrected chi connectivity index (χ0v) is 16.9. The maximum Gasteiger partial charge on any atom is 0.269 e. The van der Waals surface area contributed by atoms with E-state index in [4.69, 9.17) is 4.42 Å². The largest absolute Gasteiger partial charge is 0.467 e. The van der Waals surface area contributed by atoms with Crippen LogP contribution in [0.1, 0.15) is 5.76 Å². The van der Waals surface area contributed by atoms with Gasteiger partial charge in [0.1, 0.15) is 5.76 Å². The molecular formula is C20H16N6O4S. The van der Waals surface area contributed by atoms with Crippen LogP contribution >= 0.6 is 11.8 Å². The molecule has 31 heavy (non-hydrogen) atoms. The predicted molar refractivity (Wildman–Crippen MR) is 114 cm³/mol. The van der Waals surface area contributed by atoms with Crippen molar-refractivity contribution in [2.75, 3.05) is 11.1 Å². The van der Waals surface area contributed by atoms with Gasteiger partial charge in [-0.15, -0.1) is 10.2 Å². The molecule has 0 aliphatic rings. The van der Waals surface area contributed by atoms with E-state index in [1.807, 2.05) is 22.8 Å². The summed E-state index contributed by atoms with van der Waals surface area (Å²) in [6.45, 7) is 0.407. The Balaban J connectivity index is 1.48. The van der Waals surface area contributed by atoms with E-state index in [0.29, 0.717) is 23.2 Å². The van der Waals surface area contributed by atoms with Gasteiger partial charge >= 0.3 is 0 Å². The fourth-order valence-electron chi connectivity index (χ4n) is 2.80. The van der Waals surface area contributed by atoms with E-state index >= 15 is 0 Å². The highest BCUT2D eigenvalue weighted by molar-refractivity contribution is 7.99. The zero-order chi connectivity index (χ0) is 21.6. The Bertz CT molecular complexity index is 1180. The van der Waals surface area contributed by atoms with Crippen molar-refractivity contribution < 1.29 is 14.1 Å². The second-order valence-corrected chi connectivity index (χ2v) is 7.29. The number of pyridine rings is 1. The number of amides is 1. The number of nitrogens with one attached hydrogen (secondary N) is 1. The summed E-state index contributed by atoms with van der Waals surface area (Å²) >= 11 is 1.23. The molecule has 0 radical (unpaired) electrons. The Morgan fingerprint density at radius 2 is 1.90 bits per heavy atom. The van der Waals surface area contributed by atoms with Gasteiger partial charge in [0, 0.05) is 35.8 Å². The maximum atomic E-state index is 12.4. The van der Waals surface area contributed by atoms with Crippen LogP contribution in [0.4, 0.5) is 11.4 Å². The molecule has 0 aliphatic heterocycles. The van der Waals surface area contributed by atoms with Crippen molar-refractivity contribution in [2.45, 2.75) is 11.7 Å². The molecule has 156 valence electrons. The molecule has 0 bridgehead atoms. The molecule has 11 heteroatoms. The Kier molecular flexibility index (Phi) is 6.03. The molecule has 0 aliphatic carbocycles. The Hall–Kier alpha value is -3.99. The molecule has 0 fully saturated rings. The highest BCUT2D eigenvalue weighted by Gasteiger charge is 2.17. The van der Waals surface area contributed by atoms with Crippen LogP contribution in [0.15, 0.2) is 76.8 Å². The number of aromatic nitrogens is 4. The van der Waals surface area contributed by atoms with Crippen LogP contribution in [0.25, 0.3) is 11.4 Å². The summed E-state index contributed by atoms with van der Waals surface area (Å²) in [6, 6.07) is 13.0. The minimum absolute atomic E-state index is 0.0398. The summed E-state index contributed by atoms with van der Waals surface area (Å²) < 4.78 is 7.33. The van der Waals surface area contributed by atoms with Gasteiger partial charge in [0.15, 0.2) is 11.0 Å². The lowest BCUT2D eigenvalue weighted by atomic mass is 10.2. The number of rotatable bonds is 8. The van der Waals surface area contributed by atoms with Gasteiger partial charge in [0.05, 0.1) is 23.5 Å². The molecule has 3 aromatic heterocycles. The predicted octanol–water partition coefficient (Wildman–Crippen LogP) is 3.62. The molecule has 0 spiro atoms. The van der Waals surface area contributed by atoms with Crippen molar-refractivity contribution in [1.82, 2.24) is 19.7 Å². The van der Waals surface area contributed by atoms with Gasteiger partial charge in [0.25, 0.3) is 5.69 Å². The fraction of sp³-hybridized carbons (Fsp3) is 0.100. The zero-order valence-electron chi connectivity index (χ0n) is 16.0. The quantitative estimate of drug-likeness (QED) is 0.252. The molecule has 0 saturated heterocycles. The van der Waals surface area contributed by atoms with Crippen molar-refractivity contribution in [3.63, 3.8) is 0 Å². The molecule has 3 heterocycles. The number of carbonyl (C=O) groups excluding carboxylic acids is 1. The van der Waals surface area contributed by atoms with Gasteiger partial charge in [0.2, 0.25) is 5.91 Å². The molecule has 1 aromatic carbocycles. The Morgan fingerprint density at radius 3 is 2.58 bits per heavy atom. The third-order valence-corrected chi connectivity index (χ3v) is 5.21. The first-order valence-corrected chi connectivity index (χ1v) is 10.1. The lowest BCUT2D eigenvalue weighted by Gasteiger charge is -2.09. The fourth-order valence-corrected chi connectivity index (χ4v) is 3.54. The van der Waals surface area contributed by atoms with Crippen molar-refractivity contribution >= 4 is 29.0 Å². The highest BCUT2D eigenvalue weighted by atomic mass is 32.2. The van der Waals surface area contributed by atoms with Crippen molar-refractivity contribution in [1.29, 1.82) is 0 Å². The van der Waals surface area contributed by atoms with Gasteiger partial charge in [-0.3, -0.25) is 24.5 Å². The van der Waals surface area contributed by atoms with Crippen molar-refractivity contribution in [3.8, 4) is 11.4 Å². The number of hydrogen-bond donors (Lipinski definition) is 1. The van der Waals surface area contributed by atoms with E-state index in [-0.39, 0.29) is 17.3 Å². The number of furan rings is 1. The van der Waals surface area contributed by atoms with Crippen LogP contribution in [0.3, 0.4) is 0 Å². The van der Waals surface area contributed by atoms with E-state index in [9.17, 15) is 14.9 Å². The number of carbonyl (C=O) groups is 1. The summed E-state index contributed by atoms with van der Waals surface area (Å²) in [4.78, 5) is 26.6. The van der Waals surface area contributed by atoms with Gasteiger partial charge in [-0.05, 0) is 36.4 Å². The first-order chi connectivity index (χ1) is 15.1. The van der Waals surface area contributed by atoms with Crippen molar-refractivity contribution in [2.24, 2.45) is 0 Å². The number of nitro groups is 1. The third kappa shape index (κ3) is 4.95. The molecule has 1 amide bonds. The Morgan fingerprint density at radius 1 is 1.13 bits per heavy atom. The maximum absolute atomic E-state index is 12.4. The van der Waals surface area contributed by atoms with E-state index in [0.717, 1.165) is 11.3 Å². The van der Waals surface area contributed by atoms with Gasteiger partial charge < -0.3 is 9.73 Å². The van der Waals surface area contributed by atoms with E-state index in [2.05, 4.69) is 20.5 Å². The second kappa shape index (κ2) is 9.22. The monoisotopic (exact) mass is 436 g/mol. The summed E-state index contributed by atoms with van der Waals surface area (Å²) in [6.07, 6.45) is 4.94. The second-order valence-electron chi connectivity index (χ2n) is 6.35. The average molecular weight is 436 g/mol. The number of anilines is 1. The van der Waals surface area contributed by atoms with Crippen LogP contribution in [0.2, 0.25) is 0 Å². The first kappa shape index (κ1) is 20.3. The number of nitro benzene ring substituents is 1. The van der Waals surface area contributed by atoms with E-state index in [1.165, 1.54) is 36.0 Å². The molecule has 1 N–H and O–H groups in total. The summed E-state index contributed by atoms with van der Waals surface area (Å²) in [5, 5.41) is 22.5. The van der Waals surface area contributed by atoms with Gasteiger partial charge in [-0.1, -0.05) is 11.8 Å². The van der Waals surface area contributed by atoms with Crippen LogP contribution in [-0.4, -0.2) is 36.3 Å². The first-order valence-electron chi connectivity index (χ1n) is 9.13. The average Bonchev–Trinajstić information content (AvgIpc) is 3.44. The SMILES string of the molecule is O=C(CSc1nnc(-c2ccncc2)n1Cc1ccco1)Nc1ccc([N+](=O)[O-])cc1. The van der Waals surface area contributed by atoms with E-state index in [1.54, 1.807) is 24.7 Å². The number of hydrogen-bond acceptors (Lipinski definition) is 8. The molecule has 0 saturated carbocycles. The molecule has 10 nitrogen and oxygen atoms in total. The van der Waals surface area contributed by atoms with Gasteiger partial charge in [-0.25, -0.2) is 0 Å². The number of nitrogens with zero attached hydrogens (tertiary/aromatic N) is 5. The minimum atomic E-state index is -0.492. The van der Waals surface area contributed by atoms with Crippen LogP contribution in [0.5, 0.6) is 0 Å². The van der Waals surface area contributed by atoms with Crippen molar-refractivity contribution in [3.05, 3.63) is 83.1 Å². The molecule has 4 rings (SSSR count). The Labute approximate surface area is 180 Å². The summed E-state index contributed by atoms with van der Waals surface area (Å²) in [7, 11) is 0. The molecule has 0 atom stereocenters. The normalized spacial score (nSPS) is 10.7. The van der Waals surface area contributed by atoms with E-state index < -0.39 is 4.92 Å². The smallest absolute Gasteiger partial charge is 0.269 e. The topological polar surface area (TPSA) is 129 Å². The third-order valence-electron chi connectivity index (χ3n) is 4.24. The molecule has 4 aromatic rings. The summed E-state index contributed by atoms with van der Waals surface area (Å²) in [5.41, 5.74) is 1.28. The highest BCUT2D eigenvalue weighted by Crippen LogP contribution is 2.25. The minimum Gasteiger partial charge on any atom is -0.467 e. The lowest BCUT2D eigenvalue weighted by molar-refractivity contribution is -0.384. The van der Waals surface area contributed by atoms with Crippen LogP contribution < -0.4 is 5.32 Å². The van der Waals surface area contributed by atoms with Crippen LogP contribution in [0, 0.1) is 10.1 Å². The molecule has 0 unspecified atom stereocenters. The van der Waals surface area contributed by atoms with Gasteiger partial charge in [-0.2, -0.15) is 0 Å². The standard InChI is InChI=1S/C20H16N6O4S/c27-18(22-15-3-5-16(6-4-15)26(28)29)13-31-20-24-23-19(14-7-9-21-10-8-14)25(20)12-17-2-1-11-30-17/h1-11H,12-13H2,(H,22,27).